The second-order valence-corrected chi connectivity index (χ2v) is 10.7. The first kappa shape index (κ1) is 14.7. The Labute approximate surface area is 120 Å². The number of methoxy groups -OCH3 is 2. The summed E-state index contributed by atoms with van der Waals surface area (Å²) in [5.41, 5.74) is 2.15. The molecule has 2 aromatic rings. The highest BCUT2D eigenvalue weighted by Gasteiger charge is 2.21. The van der Waals surface area contributed by atoms with E-state index in [1.165, 1.54) is 7.11 Å². The van der Waals surface area contributed by atoms with E-state index in [0.717, 1.165) is 22.2 Å². The summed E-state index contributed by atoms with van der Waals surface area (Å²) in [5, 5.41) is 1.07. The van der Waals surface area contributed by atoms with Crippen LogP contribution in [0.5, 0.6) is 5.75 Å². The largest absolute Gasteiger partial charge is 0.497 e. The van der Waals surface area contributed by atoms with Gasteiger partial charge >= 0.3 is 5.97 Å². The molecular weight excluding hydrogens is 270 g/mol. The molecule has 0 radical (unpaired) electrons. The van der Waals surface area contributed by atoms with E-state index in [4.69, 9.17) is 9.47 Å². The van der Waals surface area contributed by atoms with Crippen molar-refractivity contribution in [2.24, 2.45) is 0 Å². The molecule has 5 heteroatoms. The Morgan fingerprint density at radius 1 is 1.25 bits per heavy atom. The number of carbonyl (C=O) groups excluding carboxylic acids is 1. The number of hydrogen-bond donors (Lipinski definition) is 0. The van der Waals surface area contributed by atoms with Crippen LogP contribution in [0.2, 0.25) is 19.6 Å². The van der Waals surface area contributed by atoms with E-state index in [1.54, 1.807) is 7.11 Å². The minimum absolute atomic E-state index is 0.220. The summed E-state index contributed by atoms with van der Waals surface area (Å²) in [6, 6.07) is 6.01. The highest BCUT2D eigenvalue weighted by molar-refractivity contribution is 6.75. The molecule has 0 spiro atoms. The lowest BCUT2D eigenvalue weighted by Gasteiger charge is -2.20. The Kier molecular flexibility index (Phi) is 3.90. The van der Waals surface area contributed by atoms with Crippen molar-refractivity contribution in [2.75, 3.05) is 14.2 Å². The normalized spacial score (nSPS) is 11.7. The maximum atomic E-state index is 11.6. The van der Waals surface area contributed by atoms with Crippen molar-refractivity contribution < 1.29 is 14.3 Å². The fraction of sp³-hybridized carbons (Fsp3) is 0.400. The third kappa shape index (κ3) is 2.72. The van der Waals surface area contributed by atoms with Crippen LogP contribution in [0.4, 0.5) is 0 Å². The van der Waals surface area contributed by atoms with Crippen LogP contribution in [0.15, 0.2) is 24.4 Å². The highest BCUT2D eigenvalue weighted by atomic mass is 28.3. The zero-order valence-electron chi connectivity index (χ0n) is 12.7. The molecule has 2 rings (SSSR count). The van der Waals surface area contributed by atoms with Gasteiger partial charge in [-0.1, -0.05) is 19.6 Å². The van der Waals surface area contributed by atoms with Gasteiger partial charge in [0.25, 0.3) is 0 Å². The molecule has 0 bridgehead atoms. The first-order valence-corrected chi connectivity index (χ1v) is 10.1. The molecule has 0 saturated carbocycles. The quantitative estimate of drug-likeness (QED) is 0.642. The molecule has 0 aliphatic carbocycles. The zero-order valence-corrected chi connectivity index (χ0v) is 13.7. The van der Waals surface area contributed by atoms with Crippen molar-refractivity contribution >= 4 is 25.1 Å². The Bertz CT molecular complexity index is 640. The maximum absolute atomic E-state index is 11.6. The molecule has 0 atom stereocenters. The van der Waals surface area contributed by atoms with Crippen LogP contribution in [0.3, 0.4) is 0 Å². The molecule has 0 N–H and O–H groups in total. The standard InChI is InChI=1S/C15H21NO3Si/c1-18-12-6-7-14-13(9-12)11(8-15(17)19-2)10-16(14)20(3,4)5/h6-7,9-10H,8H2,1-5H3. The monoisotopic (exact) mass is 291 g/mol. The van der Waals surface area contributed by atoms with Crippen molar-refractivity contribution in [3.63, 3.8) is 0 Å². The number of rotatable bonds is 4. The number of aromatic nitrogens is 1. The van der Waals surface area contributed by atoms with E-state index >= 15 is 0 Å². The molecule has 1 aromatic carbocycles. The van der Waals surface area contributed by atoms with Crippen LogP contribution < -0.4 is 4.74 Å². The average molecular weight is 291 g/mol. The molecule has 0 aliphatic heterocycles. The highest BCUT2D eigenvalue weighted by Crippen LogP contribution is 2.29. The molecule has 1 aromatic heterocycles. The van der Waals surface area contributed by atoms with Gasteiger partial charge in [-0.2, -0.15) is 0 Å². The fourth-order valence-corrected chi connectivity index (χ4v) is 3.79. The van der Waals surface area contributed by atoms with Crippen molar-refractivity contribution in [3.8, 4) is 5.75 Å². The smallest absolute Gasteiger partial charge is 0.310 e. The maximum Gasteiger partial charge on any atom is 0.310 e. The van der Waals surface area contributed by atoms with E-state index < -0.39 is 8.24 Å². The number of nitrogens with zero attached hydrogens (tertiary/aromatic N) is 1. The molecule has 0 amide bonds. The number of carbonyl (C=O) groups is 1. The van der Waals surface area contributed by atoms with E-state index in [9.17, 15) is 4.79 Å². The van der Waals surface area contributed by atoms with Gasteiger partial charge in [0, 0.05) is 10.9 Å². The van der Waals surface area contributed by atoms with Crippen LogP contribution in [0, 0.1) is 0 Å². The summed E-state index contributed by atoms with van der Waals surface area (Å²) in [5.74, 6) is 0.583. The van der Waals surface area contributed by atoms with Crippen LogP contribution >= 0.6 is 0 Å². The summed E-state index contributed by atoms with van der Waals surface area (Å²) in [4.78, 5) is 11.6. The van der Waals surface area contributed by atoms with Crippen molar-refractivity contribution in [1.29, 1.82) is 0 Å². The lowest BCUT2D eigenvalue weighted by molar-refractivity contribution is -0.139. The number of esters is 1. The molecule has 0 fully saturated rings. The Morgan fingerprint density at radius 3 is 2.50 bits per heavy atom. The first-order valence-electron chi connectivity index (χ1n) is 6.62. The zero-order chi connectivity index (χ0) is 14.9. The third-order valence-electron chi connectivity index (χ3n) is 3.38. The summed E-state index contributed by atoms with van der Waals surface area (Å²) >= 11 is 0. The lowest BCUT2D eigenvalue weighted by Crippen LogP contribution is -2.31. The van der Waals surface area contributed by atoms with Gasteiger partial charge in [0.1, 0.15) is 5.75 Å². The van der Waals surface area contributed by atoms with Gasteiger partial charge in [0.05, 0.1) is 20.6 Å². The SMILES string of the molecule is COC(=O)Cc1cn([Si](C)(C)C)c2ccc(OC)cc12. The summed E-state index contributed by atoms with van der Waals surface area (Å²) in [7, 11) is 1.52. The van der Waals surface area contributed by atoms with E-state index in [-0.39, 0.29) is 12.4 Å². The van der Waals surface area contributed by atoms with Crippen LogP contribution in [-0.4, -0.2) is 32.7 Å². The number of ether oxygens (including phenoxy) is 2. The average Bonchev–Trinajstić information content (AvgIpc) is 2.76. The van der Waals surface area contributed by atoms with Crippen molar-refractivity contribution in [1.82, 2.24) is 4.23 Å². The van der Waals surface area contributed by atoms with E-state index in [0.29, 0.717) is 0 Å². The van der Waals surface area contributed by atoms with Crippen molar-refractivity contribution in [3.05, 3.63) is 30.0 Å². The van der Waals surface area contributed by atoms with Gasteiger partial charge < -0.3 is 13.7 Å². The lowest BCUT2D eigenvalue weighted by atomic mass is 10.1. The molecular formula is C15H21NO3Si. The van der Waals surface area contributed by atoms with Gasteiger partial charge in [-0.15, -0.1) is 0 Å². The Balaban J connectivity index is 2.63. The van der Waals surface area contributed by atoms with Crippen LogP contribution in [-0.2, 0) is 16.0 Å². The molecule has 20 heavy (non-hydrogen) atoms. The second kappa shape index (κ2) is 5.32. The summed E-state index contributed by atoms with van der Waals surface area (Å²) in [6.07, 6.45) is 2.38. The van der Waals surface area contributed by atoms with Crippen molar-refractivity contribution in [2.45, 2.75) is 26.1 Å². The molecule has 0 unspecified atom stereocenters. The van der Waals surface area contributed by atoms with Gasteiger partial charge in [-0.25, -0.2) is 0 Å². The second-order valence-electron chi connectivity index (χ2n) is 5.83. The minimum atomic E-state index is -1.54. The Morgan fingerprint density at radius 2 is 1.95 bits per heavy atom. The molecule has 0 aliphatic rings. The molecule has 108 valence electrons. The predicted molar refractivity (Wildman–Crippen MR) is 83.0 cm³/mol. The number of hydrogen-bond acceptors (Lipinski definition) is 3. The number of fused-ring (bicyclic) bond motifs is 1. The van der Waals surface area contributed by atoms with E-state index in [2.05, 4.69) is 36.1 Å². The molecule has 1 heterocycles. The minimum Gasteiger partial charge on any atom is -0.497 e. The number of benzene rings is 1. The first-order chi connectivity index (χ1) is 9.36. The van der Waals surface area contributed by atoms with Gasteiger partial charge in [0.2, 0.25) is 0 Å². The third-order valence-corrected chi connectivity index (χ3v) is 5.19. The van der Waals surface area contributed by atoms with Gasteiger partial charge in [0.15, 0.2) is 8.24 Å². The van der Waals surface area contributed by atoms with E-state index in [1.807, 2.05) is 12.1 Å². The van der Waals surface area contributed by atoms with Gasteiger partial charge in [-0.05, 0) is 30.0 Å². The van der Waals surface area contributed by atoms with Crippen LogP contribution in [0.1, 0.15) is 5.56 Å². The van der Waals surface area contributed by atoms with Gasteiger partial charge in [-0.3, -0.25) is 4.79 Å². The summed E-state index contributed by atoms with van der Waals surface area (Å²) in [6.45, 7) is 6.83. The Hall–Kier alpha value is -1.75. The molecule has 4 nitrogen and oxygen atoms in total. The summed E-state index contributed by atoms with van der Waals surface area (Å²) < 4.78 is 12.4. The predicted octanol–water partition coefficient (Wildman–Crippen LogP) is 3.05. The fourth-order valence-electron chi connectivity index (χ4n) is 2.33. The topological polar surface area (TPSA) is 40.5 Å². The molecule has 0 saturated heterocycles. The van der Waals surface area contributed by atoms with Crippen LogP contribution in [0.25, 0.3) is 10.9 Å².